The zero-order valence-electron chi connectivity index (χ0n) is 19.5. The Hall–Kier alpha value is -3.21. The van der Waals surface area contributed by atoms with Crippen molar-refractivity contribution >= 4 is 11.7 Å². The Labute approximate surface area is 191 Å². The highest BCUT2D eigenvalue weighted by Gasteiger charge is 2.26. The topological polar surface area (TPSA) is 49.3 Å². The first kappa shape index (κ1) is 22.0. The first-order chi connectivity index (χ1) is 15.4. The van der Waals surface area contributed by atoms with Crippen LogP contribution in [0.3, 0.4) is 0 Å². The van der Waals surface area contributed by atoms with E-state index < -0.39 is 0 Å². The third kappa shape index (κ3) is 4.82. The zero-order chi connectivity index (χ0) is 22.7. The molecule has 0 N–H and O–H groups in total. The molecule has 0 aliphatic carbocycles. The van der Waals surface area contributed by atoms with E-state index in [1.807, 2.05) is 36.9 Å². The van der Waals surface area contributed by atoms with Crippen LogP contribution in [-0.4, -0.2) is 47.0 Å². The maximum Gasteiger partial charge on any atom is 0.225 e. The lowest BCUT2D eigenvalue weighted by molar-refractivity contribution is -0.134. The first-order valence-electron chi connectivity index (χ1n) is 11.4. The van der Waals surface area contributed by atoms with E-state index in [1.54, 1.807) is 0 Å². The van der Waals surface area contributed by atoms with Gasteiger partial charge in [0, 0.05) is 55.3 Å². The minimum atomic E-state index is 0.0321. The third-order valence-electron chi connectivity index (χ3n) is 6.11. The second-order valence-corrected chi connectivity index (χ2v) is 8.93. The highest BCUT2D eigenvalue weighted by atomic mass is 16.2. The number of amides is 1. The van der Waals surface area contributed by atoms with Crippen LogP contribution in [0.2, 0.25) is 0 Å². The van der Waals surface area contributed by atoms with E-state index in [0.29, 0.717) is 0 Å². The Kier molecular flexibility index (Phi) is 6.54. The van der Waals surface area contributed by atoms with E-state index in [9.17, 15) is 4.79 Å². The molecule has 166 valence electrons. The van der Waals surface area contributed by atoms with Crippen LogP contribution in [0.25, 0.3) is 11.4 Å². The molecule has 1 saturated heterocycles. The van der Waals surface area contributed by atoms with Crippen molar-refractivity contribution in [2.75, 3.05) is 31.1 Å². The predicted octanol–water partition coefficient (Wildman–Crippen LogP) is 4.66. The SMILES string of the molecule is Cc1ccc(Cc2c(C)nc(-c3ccccc3)nc2N2CCN(C(=O)C(C)C)CC2)cc1. The van der Waals surface area contributed by atoms with Crippen molar-refractivity contribution < 1.29 is 4.79 Å². The molecule has 1 fully saturated rings. The van der Waals surface area contributed by atoms with Crippen LogP contribution >= 0.6 is 0 Å². The number of benzene rings is 2. The number of aromatic nitrogens is 2. The molecule has 0 radical (unpaired) electrons. The number of carbonyl (C=O) groups is 1. The average molecular weight is 429 g/mol. The lowest BCUT2D eigenvalue weighted by atomic mass is 10.0. The van der Waals surface area contributed by atoms with Gasteiger partial charge in [-0.15, -0.1) is 0 Å². The normalized spacial score (nSPS) is 14.2. The predicted molar refractivity (Wildman–Crippen MR) is 130 cm³/mol. The smallest absolute Gasteiger partial charge is 0.225 e. The van der Waals surface area contributed by atoms with Crippen LogP contribution in [0.4, 0.5) is 5.82 Å². The standard InChI is InChI=1S/C27H32N4O/c1-19(2)27(32)31-16-14-30(15-17-31)26-24(18-22-12-10-20(3)11-13-22)21(4)28-25(29-26)23-8-6-5-7-9-23/h5-13,19H,14-18H2,1-4H3. The highest BCUT2D eigenvalue weighted by Crippen LogP contribution is 2.28. The summed E-state index contributed by atoms with van der Waals surface area (Å²) in [6, 6.07) is 18.8. The third-order valence-corrected chi connectivity index (χ3v) is 6.11. The molecule has 1 aliphatic rings. The molecule has 4 rings (SSSR count). The first-order valence-corrected chi connectivity index (χ1v) is 11.4. The fourth-order valence-electron chi connectivity index (χ4n) is 4.18. The van der Waals surface area contributed by atoms with Gasteiger partial charge >= 0.3 is 0 Å². The Morgan fingerprint density at radius 1 is 0.906 bits per heavy atom. The molecule has 3 aromatic rings. The van der Waals surface area contributed by atoms with Crippen LogP contribution < -0.4 is 4.90 Å². The second kappa shape index (κ2) is 9.51. The van der Waals surface area contributed by atoms with Gasteiger partial charge in [-0.1, -0.05) is 74.0 Å². The molecular weight excluding hydrogens is 396 g/mol. The summed E-state index contributed by atoms with van der Waals surface area (Å²) in [6.07, 6.45) is 0.793. The summed E-state index contributed by atoms with van der Waals surface area (Å²) in [5.74, 6) is 2.01. The van der Waals surface area contributed by atoms with Gasteiger partial charge in [0.1, 0.15) is 5.82 Å². The number of nitrogens with zero attached hydrogens (tertiary/aromatic N) is 4. The highest BCUT2D eigenvalue weighted by molar-refractivity contribution is 5.78. The van der Waals surface area contributed by atoms with Gasteiger partial charge in [0.15, 0.2) is 5.82 Å². The van der Waals surface area contributed by atoms with Gasteiger partial charge in [-0.25, -0.2) is 9.97 Å². The molecule has 1 aliphatic heterocycles. The summed E-state index contributed by atoms with van der Waals surface area (Å²) < 4.78 is 0. The monoisotopic (exact) mass is 428 g/mol. The average Bonchev–Trinajstić information content (AvgIpc) is 2.81. The molecule has 32 heavy (non-hydrogen) atoms. The van der Waals surface area contributed by atoms with Crippen LogP contribution in [0.5, 0.6) is 0 Å². The number of aryl methyl sites for hydroxylation is 2. The van der Waals surface area contributed by atoms with Gasteiger partial charge in [0.25, 0.3) is 0 Å². The maximum absolute atomic E-state index is 12.5. The Bertz CT molecular complexity index is 1070. The van der Waals surface area contributed by atoms with Crippen molar-refractivity contribution in [3.05, 3.63) is 77.0 Å². The molecular formula is C27H32N4O. The Morgan fingerprint density at radius 3 is 2.19 bits per heavy atom. The van der Waals surface area contributed by atoms with Gasteiger partial charge in [0.05, 0.1) is 0 Å². The fraction of sp³-hybridized carbons (Fsp3) is 0.370. The van der Waals surface area contributed by atoms with Crippen LogP contribution in [-0.2, 0) is 11.2 Å². The second-order valence-electron chi connectivity index (χ2n) is 8.93. The van der Waals surface area contributed by atoms with Gasteiger partial charge in [-0.3, -0.25) is 4.79 Å². The number of piperazine rings is 1. The molecule has 5 nitrogen and oxygen atoms in total. The molecule has 1 amide bonds. The molecule has 0 spiro atoms. The lowest BCUT2D eigenvalue weighted by Gasteiger charge is -2.37. The van der Waals surface area contributed by atoms with Crippen LogP contribution in [0.15, 0.2) is 54.6 Å². The summed E-state index contributed by atoms with van der Waals surface area (Å²) in [7, 11) is 0. The molecule has 2 aromatic carbocycles. The quantitative estimate of drug-likeness (QED) is 0.593. The van der Waals surface area contributed by atoms with E-state index in [4.69, 9.17) is 9.97 Å². The largest absolute Gasteiger partial charge is 0.353 e. The zero-order valence-corrected chi connectivity index (χ0v) is 19.5. The summed E-state index contributed by atoms with van der Waals surface area (Å²) in [4.78, 5) is 26.7. The number of carbonyl (C=O) groups excluding carboxylic acids is 1. The van der Waals surface area contributed by atoms with Crippen molar-refractivity contribution in [3.63, 3.8) is 0 Å². The maximum atomic E-state index is 12.5. The molecule has 2 heterocycles. The van der Waals surface area contributed by atoms with Crippen molar-refractivity contribution in [3.8, 4) is 11.4 Å². The number of hydrogen-bond acceptors (Lipinski definition) is 4. The van der Waals surface area contributed by atoms with Gasteiger partial charge < -0.3 is 9.80 Å². The van der Waals surface area contributed by atoms with Crippen molar-refractivity contribution in [1.29, 1.82) is 0 Å². The molecule has 5 heteroatoms. The van der Waals surface area contributed by atoms with Crippen molar-refractivity contribution in [1.82, 2.24) is 14.9 Å². The molecule has 0 atom stereocenters. The van der Waals surface area contributed by atoms with E-state index in [-0.39, 0.29) is 11.8 Å². The van der Waals surface area contributed by atoms with Crippen LogP contribution in [0.1, 0.15) is 36.2 Å². The van der Waals surface area contributed by atoms with E-state index in [1.165, 1.54) is 11.1 Å². The Morgan fingerprint density at radius 2 is 1.56 bits per heavy atom. The summed E-state index contributed by atoms with van der Waals surface area (Å²) in [5, 5.41) is 0. The van der Waals surface area contributed by atoms with E-state index in [0.717, 1.165) is 61.1 Å². The fourth-order valence-corrected chi connectivity index (χ4v) is 4.18. The molecule has 0 unspecified atom stereocenters. The lowest BCUT2D eigenvalue weighted by Crippen LogP contribution is -2.50. The van der Waals surface area contributed by atoms with Crippen molar-refractivity contribution in [2.24, 2.45) is 5.92 Å². The summed E-state index contributed by atoms with van der Waals surface area (Å²) >= 11 is 0. The number of anilines is 1. The van der Waals surface area contributed by atoms with Gasteiger partial charge in [-0.2, -0.15) is 0 Å². The van der Waals surface area contributed by atoms with E-state index >= 15 is 0 Å². The van der Waals surface area contributed by atoms with E-state index in [2.05, 4.69) is 55.1 Å². The number of rotatable bonds is 5. The number of hydrogen-bond donors (Lipinski definition) is 0. The minimum Gasteiger partial charge on any atom is -0.353 e. The van der Waals surface area contributed by atoms with Crippen molar-refractivity contribution in [2.45, 2.75) is 34.1 Å². The van der Waals surface area contributed by atoms with Gasteiger partial charge in [-0.05, 0) is 19.4 Å². The molecule has 0 saturated carbocycles. The Balaban J connectivity index is 1.68. The summed E-state index contributed by atoms with van der Waals surface area (Å²) in [6.45, 7) is 11.1. The summed E-state index contributed by atoms with van der Waals surface area (Å²) in [5.41, 5.74) is 5.71. The van der Waals surface area contributed by atoms with Crippen LogP contribution in [0, 0.1) is 19.8 Å². The minimum absolute atomic E-state index is 0.0321. The molecule has 1 aromatic heterocycles. The molecule has 0 bridgehead atoms. The van der Waals surface area contributed by atoms with Gasteiger partial charge in [0.2, 0.25) is 5.91 Å².